The summed E-state index contributed by atoms with van der Waals surface area (Å²) >= 11 is 11.9. The van der Waals surface area contributed by atoms with Gasteiger partial charge < -0.3 is 10.1 Å². The number of methoxy groups -OCH3 is 1. The first kappa shape index (κ1) is 17.6. The summed E-state index contributed by atoms with van der Waals surface area (Å²) in [4.78, 5) is 16.8. The summed E-state index contributed by atoms with van der Waals surface area (Å²) in [6.45, 7) is 2.61. The fourth-order valence-corrected chi connectivity index (χ4v) is 1.65. The third-order valence-corrected chi connectivity index (χ3v) is 3.10. The molecule has 0 aromatic heterocycles. The van der Waals surface area contributed by atoms with E-state index in [0.717, 1.165) is 11.3 Å². The van der Waals surface area contributed by atoms with Crippen LogP contribution < -0.4 is 15.5 Å². The molecule has 0 aliphatic carbocycles. The van der Waals surface area contributed by atoms with Crippen molar-refractivity contribution in [1.82, 2.24) is 10.8 Å². The molecule has 1 aromatic rings. The average Bonchev–Trinajstić information content (AvgIpc) is 2.49. The molecule has 21 heavy (non-hydrogen) atoms. The second-order valence-electron chi connectivity index (χ2n) is 4.04. The van der Waals surface area contributed by atoms with Gasteiger partial charge in [0.2, 0.25) is 4.33 Å². The summed E-state index contributed by atoms with van der Waals surface area (Å²) in [6, 6.07) is 7.30. The van der Waals surface area contributed by atoms with Gasteiger partial charge in [0.15, 0.2) is 0 Å². The summed E-state index contributed by atoms with van der Waals surface area (Å²) in [6.07, 6.45) is 2.67. The fraction of sp³-hybridized carbons (Fsp3) is 0.357. The first-order chi connectivity index (χ1) is 9.99. The highest BCUT2D eigenvalue weighted by Gasteiger charge is 2.30. The zero-order valence-electron chi connectivity index (χ0n) is 11.9. The Bertz CT molecular complexity index is 476. The summed E-state index contributed by atoms with van der Waals surface area (Å²) in [5, 5.41) is 2.65. The number of hydrogen-bond donors (Lipinski definition) is 2. The zero-order valence-corrected chi connectivity index (χ0v) is 13.4. The van der Waals surface area contributed by atoms with Gasteiger partial charge in [-0.1, -0.05) is 35.3 Å². The first-order valence-corrected chi connectivity index (χ1v) is 7.09. The molecular formula is C14H18Cl2N2O3. The molecule has 0 aliphatic heterocycles. The van der Waals surface area contributed by atoms with Crippen molar-refractivity contribution in [2.24, 2.45) is 0 Å². The monoisotopic (exact) mass is 332 g/mol. The molecule has 7 heteroatoms. The molecule has 0 spiro atoms. The van der Waals surface area contributed by atoms with Crippen LogP contribution in [0.3, 0.4) is 0 Å². The molecule has 0 aliphatic rings. The summed E-state index contributed by atoms with van der Waals surface area (Å²) in [5.41, 5.74) is 3.40. The van der Waals surface area contributed by atoms with E-state index < -0.39 is 10.2 Å². The number of amides is 1. The van der Waals surface area contributed by atoms with Gasteiger partial charge in [-0.25, -0.2) is 0 Å². The Morgan fingerprint density at radius 1 is 1.33 bits per heavy atom. The minimum Gasteiger partial charge on any atom is -0.497 e. The number of halogens is 2. The molecule has 0 saturated carbocycles. The van der Waals surface area contributed by atoms with Crippen molar-refractivity contribution in [3.05, 3.63) is 42.1 Å². The maximum Gasteiger partial charge on any atom is 0.260 e. The second kappa shape index (κ2) is 8.77. The maximum absolute atomic E-state index is 11.9. The van der Waals surface area contributed by atoms with E-state index in [1.165, 1.54) is 12.3 Å². The van der Waals surface area contributed by atoms with Crippen LogP contribution in [0.15, 0.2) is 36.5 Å². The molecule has 0 radical (unpaired) electrons. The maximum atomic E-state index is 11.9. The number of nitrogens with one attached hydrogen (secondary N) is 2. The van der Waals surface area contributed by atoms with Gasteiger partial charge in [0.1, 0.15) is 5.75 Å². The Morgan fingerprint density at radius 2 is 2.00 bits per heavy atom. The van der Waals surface area contributed by atoms with Crippen LogP contribution in [0.25, 0.3) is 0 Å². The van der Waals surface area contributed by atoms with Gasteiger partial charge in [-0.05, 0) is 30.7 Å². The lowest BCUT2D eigenvalue weighted by Crippen LogP contribution is -2.36. The number of carbonyl (C=O) groups is 1. The van der Waals surface area contributed by atoms with Crippen LogP contribution in [-0.4, -0.2) is 24.0 Å². The molecule has 0 unspecified atom stereocenters. The second-order valence-corrected chi connectivity index (χ2v) is 5.42. The number of rotatable bonds is 8. The van der Waals surface area contributed by atoms with Crippen LogP contribution in [0.4, 0.5) is 0 Å². The number of benzene rings is 1. The van der Waals surface area contributed by atoms with Crippen LogP contribution in [-0.2, 0) is 16.2 Å². The predicted octanol–water partition coefficient (Wildman–Crippen LogP) is 2.54. The smallest absolute Gasteiger partial charge is 0.260 e. The Morgan fingerprint density at radius 3 is 2.57 bits per heavy atom. The van der Waals surface area contributed by atoms with E-state index in [0.29, 0.717) is 13.2 Å². The van der Waals surface area contributed by atoms with Crippen molar-refractivity contribution in [1.29, 1.82) is 0 Å². The van der Waals surface area contributed by atoms with E-state index in [-0.39, 0.29) is 0 Å². The molecule has 116 valence electrons. The van der Waals surface area contributed by atoms with Crippen molar-refractivity contribution in [2.75, 3.05) is 13.7 Å². The number of alkyl halides is 2. The van der Waals surface area contributed by atoms with Gasteiger partial charge in [0, 0.05) is 12.7 Å². The largest absolute Gasteiger partial charge is 0.497 e. The molecular weight excluding hydrogens is 315 g/mol. The van der Waals surface area contributed by atoms with Gasteiger partial charge in [0.25, 0.3) is 5.91 Å². The van der Waals surface area contributed by atoms with Crippen LogP contribution in [0, 0.1) is 0 Å². The highest BCUT2D eigenvalue weighted by Crippen LogP contribution is 2.23. The van der Waals surface area contributed by atoms with Gasteiger partial charge in [-0.3, -0.25) is 15.1 Å². The molecule has 1 rings (SSSR count). The number of hydroxylamine groups is 1. The quantitative estimate of drug-likeness (QED) is 0.436. The Kier molecular flexibility index (Phi) is 7.36. The van der Waals surface area contributed by atoms with E-state index in [4.69, 9.17) is 32.8 Å². The van der Waals surface area contributed by atoms with Crippen LogP contribution in [0.5, 0.6) is 5.75 Å². The van der Waals surface area contributed by atoms with Gasteiger partial charge in [-0.15, -0.1) is 0 Å². The minimum atomic E-state index is -1.67. The van der Waals surface area contributed by atoms with E-state index in [2.05, 4.69) is 10.8 Å². The summed E-state index contributed by atoms with van der Waals surface area (Å²) in [7, 11) is 1.59. The van der Waals surface area contributed by atoms with Gasteiger partial charge in [-0.2, -0.15) is 0 Å². The van der Waals surface area contributed by atoms with Gasteiger partial charge in [0.05, 0.1) is 13.7 Å². The highest BCUT2D eigenvalue weighted by atomic mass is 35.5. The minimum absolute atomic E-state index is 0.316. The standard InChI is InChI=1S/C14H18Cl2N2O3/c1-3-21-18-9-8-14(15,16)13(19)17-10-11-4-6-12(20-2)7-5-11/h4-9,18H,3,10H2,1-2H3,(H,17,19). The Balaban J connectivity index is 2.49. The predicted molar refractivity (Wildman–Crippen MR) is 83.2 cm³/mol. The summed E-state index contributed by atoms with van der Waals surface area (Å²) in [5.74, 6) is 0.232. The van der Waals surface area contributed by atoms with E-state index in [1.54, 1.807) is 7.11 Å². The molecule has 1 amide bonds. The molecule has 0 saturated heterocycles. The van der Waals surface area contributed by atoms with Crippen LogP contribution >= 0.6 is 23.2 Å². The Labute approximate surface area is 134 Å². The molecule has 0 bridgehead atoms. The SMILES string of the molecule is CCONC=CC(Cl)(Cl)C(=O)NCc1ccc(OC)cc1. The Hall–Kier alpha value is -1.43. The number of hydrogen-bond acceptors (Lipinski definition) is 4. The molecule has 2 N–H and O–H groups in total. The van der Waals surface area contributed by atoms with E-state index >= 15 is 0 Å². The van der Waals surface area contributed by atoms with Crippen molar-refractivity contribution >= 4 is 29.1 Å². The highest BCUT2D eigenvalue weighted by molar-refractivity contribution is 6.59. The molecule has 5 nitrogen and oxygen atoms in total. The van der Waals surface area contributed by atoms with Gasteiger partial charge >= 0.3 is 0 Å². The van der Waals surface area contributed by atoms with E-state index in [9.17, 15) is 4.79 Å². The first-order valence-electron chi connectivity index (χ1n) is 6.33. The lowest BCUT2D eigenvalue weighted by atomic mass is 10.2. The molecule has 0 fully saturated rings. The number of ether oxygens (including phenoxy) is 1. The van der Waals surface area contributed by atoms with Crippen molar-refractivity contribution in [2.45, 2.75) is 17.8 Å². The summed E-state index contributed by atoms with van der Waals surface area (Å²) < 4.78 is 3.39. The zero-order chi connectivity index (χ0) is 15.7. The topological polar surface area (TPSA) is 59.6 Å². The van der Waals surface area contributed by atoms with Crippen LogP contribution in [0.1, 0.15) is 12.5 Å². The normalized spacial score (nSPS) is 11.4. The molecule has 1 aromatic carbocycles. The van der Waals surface area contributed by atoms with E-state index in [1.807, 2.05) is 31.2 Å². The molecule has 0 atom stereocenters. The molecule has 0 heterocycles. The van der Waals surface area contributed by atoms with Crippen molar-refractivity contribution in [3.8, 4) is 5.75 Å². The van der Waals surface area contributed by atoms with Crippen molar-refractivity contribution in [3.63, 3.8) is 0 Å². The van der Waals surface area contributed by atoms with Crippen LogP contribution in [0.2, 0.25) is 0 Å². The lowest BCUT2D eigenvalue weighted by Gasteiger charge is -2.15. The average molecular weight is 333 g/mol. The third-order valence-electron chi connectivity index (χ3n) is 2.50. The number of carbonyl (C=O) groups excluding carboxylic acids is 1. The third kappa shape index (κ3) is 6.25. The fourth-order valence-electron chi connectivity index (χ4n) is 1.39. The lowest BCUT2D eigenvalue weighted by molar-refractivity contribution is -0.121. The van der Waals surface area contributed by atoms with Crippen molar-refractivity contribution < 1.29 is 14.4 Å².